The molecular weight excluding hydrogens is 250 g/mol. The van der Waals surface area contributed by atoms with Crippen LogP contribution in [0.2, 0.25) is 0 Å². The average Bonchev–Trinajstić information content (AvgIpc) is 2.90. The molecule has 2 atom stereocenters. The molecule has 0 radical (unpaired) electrons. The summed E-state index contributed by atoms with van der Waals surface area (Å²) in [7, 11) is 0. The fraction of sp³-hybridized carbons (Fsp3) is 0.412. The van der Waals surface area contributed by atoms with Gasteiger partial charge in [0.1, 0.15) is 6.29 Å². The van der Waals surface area contributed by atoms with E-state index >= 15 is 0 Å². The van der Waals surface area contributed by atoms with Crippen molar-refractivity contribution in [2.75, 3.05) is 6.54 Å². The molecule has 1 aliphatic heterocycles. The highest BCUT2D eigenvalue weighted by Gasteiger charge is 2.28. The number of benzene rings is 1. The standard InChI is InChI=1S/C17H19NO2/c19-12-15-6-3-4-10-18(15)17(20)11-14-9-8-13-5-1-2-7-16(13)14/h1-2,5,7-9,12,14-15H,3-4,6,10-11H2. The molecule has 0 bridgehead atoms. The highest BCUT2D eigenvalue weighted by Crippen LogP contribution is 2.33. The van der Waals surface area contributed by atoms with E-state index in [1.807, 2.05) is 12.1 Å². The predicted molar refractivity (Wildman–Crippen MR) is 78.3 cm³/mol. The number of piperidine rings is 1. The number of fused-ring (bicyclic) bond motifs is 1. The molecule has 3 nitrogen and oxygen atoms in total. The zero-order valence-electron chi connectivity index (χ0n) is 11.5. The van der Waals surface area contributed by atoms with Gasteiger partial charge in [-0.1, -0.05) is 36.4 Å². The molecule has 1 aliphatic carbocycles. The smallest absolute Gasteiger partial charge is 0.224 e. The van der Waals surface area contributed by atoms with Crippen LogP contribution in [0, 0.1) is 0 Å². The van der Waals surface area contributed by atoms with Crippen LogP contribution in [-0.4, -0.2) is 29.7 Å². The first-order valence-electron chi connectivity index (χ1n) is 7.31. The summed E-state index contributed by atoms with van der Waals surface area (Å²) in [5, 5.41) is 0. The molecule has 1 amide bonds. The lowest BCUT2D eigenvalue weighted by atomic mass is 9.95. The molecule has 104 valence electrons. The number of nitrogens with zero attached hydrogens (tertiary/aromatic N) is 1. The number of aldehydes is 1. The summed E-state index contributed by atoms with van der Waals surface area (Å²) in [6, 6.07) is 7.97. The van der Waals surface area contributed by atoms with E-state index in [0.29, 0.717) is 6.42 Å². The maximum absolute atomic E-state index is 12.5. The lowest BCUT2D eigenvalue weighted by Gasteiger charge is -2.33. The number of likely N-dealkylation sites (tertiary alicyclic amines) is 1. The van der Waals surface area contributed by atoms with Gasteiger partial charge in [-0.3, -0.25) is 4.79 Å². The van der Waals surface area contributed by atoms with Crippen LogP contribution in [0.4, 0.5) is 0 Å². The summed E-state index contributed by atoms with van der Waals surface area (Å²) in [5.41, 5.74) is 2.43. The second-order valence-corrected chi connectivity index (χ2v) is 5.58. The second-order valence-electron chi connectivity index (χ2n) is 5.58. The lowest BCUT2D eigenvalue weighted by molar-refractivity contribution is -0.138. The van der Waals surface area contributed by atoms with Crippen LogP contribution in [0.5, 0.6) is 0 Å². The van der Waals surface area contributed by atoms with E-state index in [0.717, 1.165) is 32.1 Å². The summed E-state index contributed by atoms with van der Waals surface area (Å²) in [6.45, 7) is 0.723. The fourth-order valence-corrected chi connectivity index (χ4v) is 3.22. The van der Waals surface area contributed by atoms with Crippen LogP contribution >= 0.6 is 0 Å². The third kappa shape index (κ3) is 2.40. The monoisotopic (exact) mass is 269 g/mol. The molecule has 1 heterocycles. The van der Waals surface area contributed by atoms with E-state index in [-0.39, 0.29) is 17.9 Å². The molecule has 0 spiro atoms. The van der Waals surface area contributed by atoms with Crippen molar-refractivity contribution in [3.05, 3.63) is 41.5 Å². The molecular formula is C17H19NO2. The van der Waals surface area contributed by atoms with E-state index in [4.69, 9.17) is 0 Å². The third-order valence-corrected chi connectivity index (χ3v) is 4.32. The zero-order valence-corrected chi connectivity index (χ0v) is 11.5. The van der Waals surface area contributed by atoms with Gasteiger partial charge in [0.05, 0.1) is 6.04 Å². The topological polar surface area (TPSA) is 37.4 Å². The lowest BCUT2D eigenvalue weighted by Crippen LogP contribution is -2.44. The Morgan fingerprint density at radius 3 is 3.00 bits per heavy atom. The molecule has 20 heavy (non-hydrogen) atoms. The molecule has 3 heteroatoms. The van der Waals surface area contributed by atoms with Crippen LogP contribution < -0.4 is 0 Å². The Balaban J connectivity index is 1.71. The van der Waals surface area contributed by atoms with Gasteiger partial charge >= 0.3 is 0 Å². The van der Waals surface area contributed by atoms with Gasteiger partial charge < -0.3 is 9.69 Å². The highest BCUT2D eigenvalue weighted by molar-refractivity contribution is 5.82. The van der Waals surface area contributed by atoms with Crippen molar-refractivity contribution in [3.8, 4) is 0 Å². The SMILES string of the molecule is O=CC1CCCCN1C(=O)CC1C=Cc2ccccc21. The minimum Gasteiger partial charge on any atom is -0.333 e. The molecule has 0 saturated carbocycles. The maximum Gasteiger partial charge on any atom is 0.224 e. The van der Waals surface area contributed by atoms with Crippen LogP contribution in [0.1, 0.15) is 42.7 Å². The molecule has 1 aromatic carbocycles. The Bertz CT molecular complexity index is 550. The van der Waals surface area contributed by atoms with Gasteiger partial charge in [-0.25, -0.2) is 0 Å². The van der Waals surface area contributed by atoms with E-state index < -0.39 is 0 Å². The molecule has 1 aromatic rings. The van der Waals surface area contributed by atoms with Gasteiger partial charge in [0.15, 0.2) is 0 Å². The normalized spacial score (nSPS) is 24.5. The zero-order chi connectivity index (χ0) is 13.9. The minimum absolute atomic E-state index is 0.105. The van der Waals surface area contributed by atoms with E-state index in [1.54, 1.807) is 4.90 Å². The molecule has 0 N–H and O–H groups in total. The largest absolute Gasteiger partial charge is 0.333 e. The summed E-state index contributed by atoms with van der Waals surface area (Å²) < 4.78 is 0. The van der Waals surface area contributed by atoms with Crippen LogP contribution in [-0.2, 0) is 9.59 Å². The van der Waals surface area contributed by atoms with Gasteiger partial charge in [0.25, 0.3) is 0 Å². The number of carbonyl (C=O) groups excluding carboxylic acids is 2. The van der Waals surface area contributed by atoms with Gasteiger partial charge in [-0.05, 0) is 30.4 Å². The van der Waals surface area contributed by atoms with Crippen LogP contribution in [0.3, 0.4) is 0 Å². The number of allylic oxidation sites excluding steroid dienone is 1. The fourth-order valence-electron chi connectivity index (χ4n) is 3.22. The van der Waals surface area contributed by atoms with Gasteiger partial charge in [-0.15, -0.1) is 0 Å². The maximum atomic E-state index is 12.5. The first-order chi connectivity index (χ1) is 9.79. The molecule has 1 saturated heterocycles. The van der Waals surface area contributed by atoms with Crippen molar-refractivity contribution < 1.29 is 9.59 Å². The molecule has 3 rings (SSSR count). The Kier molecular flexibility index (Phi) is 3.68. The first-order valence-corrected chi connectivity index (χ1v) is 7.31. The highest BCUT2D eigenvalue weighted by atomic mass is 16.2. The number of carbonyl (C=O) groups is 2. The molecule has 2 unspecified atom stereocenters. The van der Waals surface area contributed by atoms with Crippen molar-refractivity contribution in [3.63, 3.8) is 0 Å². The van der Waals surface area contributed by atoms with E-state index in [1.165, 1.54) is 11.1 Å². The number of amides is 1. The summed E-state index contributed by atoms with van der Waals surface area (Å²) in [5.74, 6) is 0.265. The predicted octanol–water partition coefficient (Wildman–Crippen LogP) is 2.77. The Hall–Kier alpha value is -1.90. The number of hydrogen-bond donors (Lipinski definition) is 0. The first kappa shape index (κ1) is 13.1. The van der Waals surface area contributed by atoms with E-state index in [2.05, 4.69) is 24.3 Å². The number of rotatable bonds is 3. The summed E-state index contributed by atoms with van der Waals surface area (Å²) >= 11 is 0. The van der Waals surface area contributed by atoms with Crippen molar-refractivity contribution in [1.82, 2.24) is 4.90 Å². The summed E-state index contributed by atoms with van der Waals surface area (Å²) in [6.07, 6.45) is 8.44. The Labute approximate surface area is 119 Å². The number of hydrogen-bond acceptors (Lipinski definition) is 2. The van der Waals surface area contributed by atoms with Crippen molar-refractivity contribution in [2.24, 2.45) is 0 Å². The Morgan fingerprint density at radius 1 is 1.30 bits per heavy atom. The van der Waals surface area contributed by atoms with Crippen LogP contribution in [0.25, 0.3) is 6.08 Å². The molecule has 2 aliphatic rings. The van der Waals surface area contributed by atoms with Crippen molar-refractivity contribution in [1.29, 1.82) is 0 Å². The van der Waals surface area contributed by atoms with Gasteiger partial charge in [0, 0.05) is 18.9 Å². The Morgan fingerprint density at radius 2 is 2.15 bits per heavy atom. The van der Waals surface area contributed by atoms with Crippen molar-refractivity contribution >= 4 is 18.3 Å². The second kappa shape index (κ2) is 5.61. The van der Waals surface area contributed by atoms with Crippen LogP contribution in [0.15, 0.2) is 30.3 Å². The molecule has 0 aromatic heterocycles. The van der Waals surface area contributed by atoms with Crippen molar-refractivity contribution in [2.45, 2.75) is 37.6 Å². The third-order valence-electron chi connectivity index (χ3n) is 4.32. The van der Waals surface area contributed by atoms with E-state index in [9.17, 15) is 9.59 Å². The summed E-state index contributed by atoms with van der Waals surface area (Å²) in [4.78, 5) is 25.3. The van der Waals surface area contributed by atoms with Gasteiger partial charge in [-0.2, -0.15) is 0 Å². The van der Waals surface area contributed by atoms with Gasteiger partial charge in [0.2, 0.25) is 5.91 Å². The quantitative estimate of drug-likeness (QED) is 0.791. The minimum atomic E-state index is -0.211. The molecule has 1 fully saturated rings. The average molecular weight is 269 g/mol.